The molecule has 7 aromatic rings. The van der Waals surface area contributed by atoms with Crippen LogP contribution in [-0.4, -0.2) is 47.6 Å². The Morgan fingerprint density at radius 3 is 2.57 bits per heavy atom. The van der Waals surface area contributed by atoms with Gasteiger partial charge in [-0.15, -0.1) is 21.5 Å². The third-order valence-corrected chi connectivity index (χ3v) is 12.0. The van der Waals surface area contributed by atoms with Crippen LogP contribution in [0.4, 0.5) is 5.69 Å². The molecule has 0 bridgehead atoms. The van der Waals surface area contributed by atoms with Crippen LogP contribution in [0.25, 0.3) is 26.8 Å². The average Bonchev–Trinajstić information content (AvgIpc) is 3.86. The Balaban J connectivity index is 0.918. The fraction of sp³-hybridized carbons (Fsp3) is 0.205. The number of thiazole rings is 1. The highest BCUT2D eigenvalue weighted by Crippen LogP contribution is 2.35. The number of carbonyl (C=O) groups excluding carboxylic acids is 2. The van der Waals surface area contributed by atoms with Crippen molar-refractivity contribution >= 4 is 73.5 Å². The molecule has 51 heavy (non-hydrogen) atoms. The summed E-state index contributed by atoms with van der Waals surface area (Å²) < 4.78 is 11.7. The molecule has 0 saturated carbocycles. The van der Waals surface area contributed by atoms with Crippen LogP contribution in [0.15, 0.2) is 107 Å². The number of para-hydroxylation sites is 3. The summed E-state index contributed by atoms with van der Waals surface area (Å²) in [5, 5.41) is 13.6. The van der Waals surface area contributed by atoms with Crippen LogP contribution in [0.2, 0.25) is 0 Å². The van der Waals surface area contributed by atoms with Crippen LogP contribution >= 0.6 is 34.9 Å². The van der Waals surface area contributed by atoms with Gasteiger partial charge in [-0.3, -0.25) is 18.7 Å². The second-order valence-corrected chi connectivity index (χ2v) is 15.5. The molecule has 3 aromatic heterocycles. The Hall–Kier alpha value is -4.91. The molecule has 3 heterocycles. The standard InChI is InChI=1S/C39H34N6O3S3/c1-25-11-5-10-18-33(25)48-22-35-42-43-38(44(35)27-12-3-2-4-13-27)49-23-36(46)40-26-19-20-30-34(21-26)51-39(41-30)50-24-37(47)45-31-16-8-6-14-28(31)29-15-7-9-17-32(29)45/h2-6,8,10-14,16,18-21H,7,9,15,17,22-24H2,1H3,(H,40,46). The topological polar surface area (TPSA) is 104 Å². The number of aryl methyl sites for hydroxylation is 2. The summed E-state index contributed by atoms with van der Waals surface area (Å²) in [4.78, 5) is 31.5. The molecule has 0 spiro atoms. The van der Waals surface area contributed by atoms with Gasteiger partial charge in [0.05, 0.1) is 27.2 Å². The first kappa shape index (κ1) is 33.2. The summed E-state index contributed by atoms with van der Waals surface area (Å²) >= 11 is 4.31. The molecule has 0 saturated heterocycles. The van der Waals surface area contributed by atoms with Gasteiger partial charge < -0.3 is 10.1 Å². The first-order chi connectivity index (χ1) is 25.0. The summed E-state index contributed by atoms with van der Waals surface area (Å²) in [6.07, 6.45) is 4.24. The Morgan fingerprint density at radius 2 is 1.69 bits per heavy atom. The maximum absolute atomic E-state index is 13.6. The zero-order chi connectivity index (χ0) is 34.7. The van der Waals surface area contributed by atoms with Crippen LogP contribution < -0.4 is 10.1 Å². The Kier molecular flexibility index (Phi) is 9.61. The Labute approximate surface area is 307 Å². The van der Waals surface area contributed by atoms with E-state index < -0.39 is 0 Å². The lowest BCUT2D eigenvalue weighted by Crippen LogP contribution is -2.18. The van der Waals surface area contributed by atoms with Crippen molar-refractivity contribution in [1.29, 1.82) is 0 Å². The maximum atomic E-state index is 13.6. The largest absolute Gasteiger partial charge is 0.485 e. The second kappa shape index (κ2) is 14.7. The molecule has 1 aliphatic carbocycles. The molecule has 0 unspecified atom stereocenters. The van der Waals surface area contributed by atoms with Crippen molar-refractivity contribution < 1.29 is 14.3 Å². The van der Waals surface area contributed by atoms with Crippen LogP contribution in [0, 0.1) is 6.92 Å². The van der Waals surface area contributed by atoms with Crippen molar-refractivity contribution in [2.45, 2.75) is 48.7 Å². The molecule has 1 aliphatic rings. The number of benzene rings is 4. The average molecular weight is 731 g/mol. The summed E-state index contributed by atoms with van der Waals surface area (Å²) in [7, 11) is 0. The molecule has 0 fully saturated rings. The van der Waals surface area contributed by atoms with E-state index in [0.29, 0.717) is 22.4 Å². The van der Waals surface area contributed by atoms with E-state index in [1.807, 2.05) is 94.9 Å². The number of fused-ring (bicyclic) bond motifs is 4. The first-order valence-corrected chi connectivity index (χ1v) is 19.6. The molecular weight excluding hydrogens is 697 g/mol. The normalized spacial score (nSPS) is 12.6. The zero-order valence-corrected chi connectivity index (χ0v) is 30.3. The smallest absolute Gasteiger partial charge is 0.241 e. The summed E-state index contributed by atoms with van der Waals surface area (Å²) in [5.74, 6) is 1.80. The Morgan fingerprint density at radius 1 is 0.882 bits per heavy atom. The minimum absolute atomic E-state index is 0.0816. The zero-order valence-electron chi connectivity index (χ0n) is 27.9. The molecular formula is C39H34N6O3S3. The minimum atomic E-state index is -0.160. The van der Waals surface area contributed by atoms with Crippen LogP contribution in [0.5, 0.6) is 5.75 Å². The highest BCUT2D eigenvalue weighted by Gasteiger charge is 2.24. The van der Waals surface area contributed by atoms with Crippen molar-refractivity contribution in [2.75, 3.05) is 16.8 Å². The summed E-state index contributed by atoms with van der Waals surface area (Å²) in [6.45, 7) is 2.23. The molecule has 256 valence electrons. The van der Waals surface area contributed by atoms with Crippen LogP contribution in [0.3, 0.4) is 0 Å². The van der Waals surface area contributed by atoms with E-state index in [2.05, 4.69) is 33.7 Å². The highest BCUT2D eigenvalue weighted by atomic mass is 32.2. The monoisotopic (exact) mass is 730 g/mol. The fourth-order valence-electron chi connectivity index (χ4n) is 6.52. The van der Waals surface area contributed by atoms with E-state index in [1.54, 1.807) is 0 Å². The van der Waals surface area contributed by atoms with Gasteiger partial charge in [-0.1, -0.05) is 78.1 Å². The van der Waals surface area contributed by atoms with E-state index >= 15 is 0 Å². The number of carbonyl (C=O) groups is 2. The highest BCUT2D eigenvalue weighted by molar-refractivity contribution is 8.01. The number of ether oxygens (including phenoxy) is 1. The molecule has 0 radical (unpaired) electrons. The van der Waals surface area contributed by atoms with Gasteiger partial charge in [0.1, 0.15) is 12.4 Å². The number of rotatable bonds is 11. The number of amides is 1. The lowest BCUT2D eigenvalue weighted by molar-refractivity contribution is -0.113. The van der Waals surface area contributed by atoms with Gasteiger partial charge in [-0.05, 0) is 86.2 Å². The SMILES string of the molecule is Cc1ccccc1OCc1nnc(SCC(=O)Nc2ccc3nc(SCC(=O)n4c5c(c6ccccc64)CCCC5)sc3c2)n1-c1ccccc1. The quantitative estimate of drug-likeness (QED) is 0.132. The first-order valence-electron chi connectivity index (χ1n) is 16.8. The molecule has 9 nitrogen and oxygen atoms in total. The third-order valence-electron chi connectivity index (χ3n) is 8.90. The summed E-state index contributed by atoms with van der Waals surface area (Å²) in [6, 6.07) is 31.6. The van der Waals surface area contributed by atoms with Gasteiger partial charge in [0.25, 0.3) is 0 Å². The Bertz CT molecular complexity index is 2380. The summed E-state index contributed by atoms with van der Waals surface area (Å²) in [5.41, 5.74) is 6.95. The number of anilines is 1. The van der Waals surface area contributed by atoms with Crippen LogP contribution in [-0.2, 0) is 24.2 Å². The number of nitrogens with one attached hydrogen (secondary N) is 1. The molecule has 0 atom stereocenters. The van der Waals surface area contributed by atoms with E-state index in [9.17, 15) is 9.59 Å². The minimum Gasteiger partial charge on any atom is -0.485 e. The predicted octanol–water partition coefficient (Wildman–Crippen LogP) is 8.76. The molecule has 12 heteroatoms. The van der Waals surface area contributed by atoms with Gasteiger partial charge in [0, 0.05) is 22.5 Å². The lowest BCUT2D eigenvalue weighted by Gasteiger charge is -2.14. The van der Waals surface area contributed by atoms with Gasteiger partial charge in [-0.2, -0.15) is 0 Å². The third kappa shape index (κ3) is 7.03. The number of hydrogen-bond acceptors (Lipinski definition) is 9. The lowest BCUT2D eigenvalue weighted by atomic mass is 9.96. The molecule has 8 rings (SSSR count). The molecule has 1 N–H and O–H groups in total. The van der Waals surface area contributed by atoms with Crippen LogP contribution in [0.1, 0.15) is 40.3 Å². The van der Waals surface area contributed by atoms with Crippen molar-refractivity contribution in [3.05, 3.63) is 120 Å². The van der Waals surface area contributed by atoms with E-state index in [1.165, 1.54) is 57.9 Å². The number of aromatic nitrogens is 5. The number of thioether (sulfide) groups is 2. The predicted molar refractivity (Wildman–Crippen MR) is 206 cm³/mol. The molecule has 1 amide bonds. The van der Waals surface area contributed by atoms with E-state index in [-0.39, 0.29) is 24.2 Å². The van der Waals surface area contributed by atoms with Crippen molar-refractivity contribution in [3.8, 4) is 11.4 Å². The van der Waals surface area contributed by atoms with Gasteiger partial charge in [-0.25, -0.2) is 4.98 Å². The van der Waals surface area contributed by atoms with E-state index in [0.717, 1.165) is 56.3 Å². The second-order valence-electron chi connectivity index (χ2n) is 12.3. The van der Waals surface area contributed by atoms with E-state index in [4.69, 9.17) is 9.72 Å². The fourth-order valence-corrected chi connectivity index (χ4v) is 9.25. The van der Waals surface area contributed by atoms with Crippen molar-refractivity contribution in [1.82, 2.24) is 24.3 Å². The van der Waals surface area contributed by atoms with Crippen molar-refractivity contribution in [2.24, 2.45) is 0 Å². The number of nitrogens with zero attached hydrogens (tertiary/aromatic N) is 5. The maximum Gasteiger partial charge on any atom is 0.241 e. The van der Waals surface area contributed by atoms with Gasteiger partial charge in [0.15, 0.2) is 15.3 Å². The molecule has 0 aliphatic heterocycles. The van der Waals surface area contributed by atoms with Crippen molar-refractivity contribution in [3.63, 3.8) is 0 Å². The number of hydrogen-bond donors (Lipinski definition) is 1. The molecule has 4 aromatic carbocycles. The van der Waals surface area contributed by atoms with Gasteiger partial charge in [0.2, 0.25) is 11.8 Å². The van der Waals surface area contributed by atoms with Gasteiger partial charge >= 0.3 is 0 Å².